The first-order chi connectivity index (χ1) is 13.7. The normalized spacial score (nSPS) is 23.8. The van der Waals surface area contributed by atoms with Gasteiger partial charge in [0.1, 0.15) is 12.1 Å². The number of amides is 4. The van der Waals surface area contributed by atoms with Crippen LogP contribution in [-0.4, -0.2) is 47.4 Å². The van der Waals surface area contributed by atoms with Gasteiger partial charge in [-0.25, -0.2) is 4.79 Å². The first-order valence-corrected chi connectivity index (χ1v) is 9.90. The van der Waals surface area contributed by atoms with Crippen LogP contribution in [0.3, 0.4) is 0 Å². The smallest absolute Gasteiger partial charge is 0.326 e. The van der Waals surface area contributed by atoms with Gasteiger partial charge in [-0.1, -0.05) is 25.8 Å². The maximum Gasteiger partial charge on any atom is 0.326 e. The third-order valence-corrected chi connectivity index (χ3v) is 5.94. The second-order valence-electron chi connectivity index (χ2n) is 7.95. The number of hydrogen-bond acceptors (Lipinski definition) is 5. The summed E-state index contributed by atoms with van der Waals surface area (Å²) in [4.78, 5) is 50.2. The Morgan fingerprint density at radius 1 is 1.24 bits per heavy atom. The minimum atomic E-state index is -0.920. The van der Waals surface area contributed by atoms with E-state index in [0.29, 0.717) is 12.1 Å². The molecule has 8 heteroatoms. The number of urea groups is 1. The summed E-state index contributed by atoms with van der Waals surface area (Å²) in [5.74, 6) is -1.66. The maximum atomic E-state index is 12.8. The van der Waals surface area contributed by atoms with Crippen molar-refractivity contribution in [3.63, 3.8) is 0 Å². The number of imide groups is 1. The summed E-state index contributed by atoms with van der Waals surface area (Å²) in [6.07, 6.45) is 3.29. The largest absolute Gasteiger partial charge is 0.454 e. The molecule has 2 aliphatic rings. The number of benzene rings is 1. The SMILES string of the molecule is Cc1ccc(NC(=O)COC(=O)CN2C(=O)N[C@]3(CCCC[C@H]3C)C2=O)cc1C. The first kappa shape index (κ1) is 20.8. The Morgan fingerprint density at radius 3 is 2.69 bits per heavy atom. The lowest BCUT2D eigenvalue weighted by Crippen LogP contribution is -2.54. The van der Waals surface area contributed by atoms with Crippen molar-refractivity contribution in [2.24, 2.45) is 5.92 Å². The highest BCUT2D eigenvalue weighted by atomic mass is 16.5. The highest BCUT2D eigenvalue weighted by Crippen LogP contribution is 2.38. The van der Waals surface area contributed by atoms with Gasteiger partial charge in [-0.05, 0) is 55.9 Å². The molecule has 2 atom stereocenters. The molecule has 8 nitrogen and oxygen atoms in total. The third kappa shape index (κ3) is 4.26. The summed E-state index contributed by atoms with van der Waals surface area (Å²) >= 11 is 0. The van der Waals surface area contributed by atoms with E-state index in [4.69, 9.17) is 4.74 Å². The van der Waals surface area contributed by atoms with E-state index in [9.17, 15) is 19.2 Å². The van der Waals surface area contributed by atoms with E-state index in [1.165, 1.54) is 0 Å². The number of nitrogens with one attached hydrogen (secondary N) is 2. The van der Waals surface area contributed by atoms with Crippen LogP contribution in [-0.2, 0) is 19.1 Å². The molecule has 0 bridgehead atoms. The second-order valence-corrected chi connectivity index (χ2v) is 7.95. The number of carbonyl (C=O) groups excluding carboxylic acids is 4. The maximum absolute atomic E-state index is 12.8. The molecule has 156 valence electrons. The lowest BCUT2D eigenvalue weighted by Gasteiger charge is -2.36. The average Bonchev–Trinajstić information content (AvgIpc) is 2.90. The van der Waals surface area contributed by atoms with Crippen molar-refractivity contribution >= 4 is 29.5 Å². The third-order valence-electron chi connectivity index (χ3n) is 5.94. The number of nitrogens with zero attached hydrogens (tertiary/aromatic N) is 1. The second kappa shape index (κ2) is 8.23. The van der Waals surface area contributed by atoms with Crippen molar-refractivity contribution in [1.82, 2.24) is 10.2 Å². The molecule has 0 unspecified atom stereocenters. The molecule has 1 heterocycles. The van der Waals surface area contributed by atoms with Crippen LogP contribution in [0.4, 0.5) is 10.5 Å². The Morgan fingerprint density at radius 2 is 2.00 bits per heavy atom. The predicted octanol–water partition coefficient (Wildman–Crippen LogP) is 2.29. The molecule has 2 fully saturated rings. The molecule has 0 aromatic heterocycles. The van der Waals surface area contributed by atoms with Gasteiger partial charge in [0.15, 0.2) is 6.61 Å². The van der Waals surface area contributed by atoms with Gasteiger partial charge >= 0.3 is 12.0 Å². The van der Waals surface area contributed by atoms with Crippen LogP contribution in [0.5, 0.6) is 0 Å². The molecule has 29 heavy (non-hydrogen) atoms. The number of rotatable bonds is 5. The fourth-order valence-corrected chi connectivity index (χ4v) is 3.98. The van der Waals surface area contributed by atoms with Crippen LogP contribution in [0.1, 0.15) is 43.7 Å². The molecule has 4 amide bonds. The molecule has 1 aliphatic carbocycles. The fourth-order valence-electron chi connectivity index (χ4n) is 3.98. The summed E-state index contributed by atoms with van der Waals surface area (Å²) in [6.45, 7) is 4.85. The molecule has 1 aromatic rings. The van der Waals surface area contributed by atoms with Crippen molar-refractivity contribution in [2.75, 3.05) is 18.5 Å². The molecular formula is C21H27N3O5. The predicted molar refractivity (Wildman–Crippen MR) is 106 cm³/mol. The summed E-state index contributed by atoms with van der Waals surface area (Å²) in [5, 5.41) is 5.43. The lowest BCUT2D eigenvalue weighted by molar-refractivity contribution is -0.150. The number of esters is 1. The standard InChI is InChI=1S/C21H27N3O5/c1-13-7-8-16(10-14(13)2)22-17(25)12-29-18(26)11-24-19(27)21(23-20(24)28)9-5-4-6-15(21)3/h7-8,10,15H,4-6,9,11-12H2,1-3H3,(H,22,25)(H,23,28)/t15-,21+/m1/s1. The first-order valence-electron chi connectivity index (χ1n) is 9.90. The zero-order chi connectivity index (χ0) is 21.2. The zero-order valence-corrected chi connectivity index (χ0v) is 17.0. The lowest BCUT2D eigenvalue weighted by atomic mass is 9.73. The van der Waals surface area contributed by atoms with Crippen LogP contribution in [0.15, 0.2) is 18.2 Å². The van der Waals surface area contributed by atoms with Crippen molar-refractivity contribution in [1.29, 1.82) is 0 Å². The molecule has 0 radical (unpaired) electrons. The van der Waals surface area contributed by atoms with Crippen molar-refractivity contribution < 1.29 is 23.9 Å². The highest BCUT2D eigenvalue weighted by molar-refractivity contribution is 6.09. The average molecular weight is 401 g/mol. The quantitative estimate of drug-likeness (QED) is 0.582. The van der Waals surface area contributed by atoms with E-state index in [0.717, 1.165) is 35.3 Å². The van der Waals surface area contributed by atoms with Gasteiger partial charge in [-0.2, -0.15) is 0 Å². The van der Waals surface area contributed by atoms with Crippen molar-refractivity contribution in [2.45, 2.75) is 52.0 Å². The molecule has 3 rings (SSSR count). The van der Waals surface area contributed by atoms with E-state index in [2.05, 4.69) is 10.6 Å². The Balaban J connectivity index is 1.52. The van der Waals surface area contributed by atoms with E-state index in [1.54, 1.807) is 6.07 Å². The Bertz CT molecular complexity index is 853. The van der Waals surface area contributed by atoms with Gasteiger partial charge in [0.25, 0.3) is 11.8 Å². The van der Waals surface area contributed by atoms with Crippen molar-refractivity contribution in [3.8, 4) is 0 Å². The van der Waals surface area contributed by atoms with Crippen LogP contribution in [0.25, 0.3) is 0 Å². The van der Waals surface area contributed by atoms with Gasteiger partial charge in [0.05, 0.1) is 0 Å². The molecule has 1 spiro atoms. The minimum Gasteiger partial charge on any atom is -0.454 e. The van der Waals surface area contributed by atoms with Crippen LogP contribution in [0.2, 0.25) is 0 Å². The van der Waals surface area contributed by atoms with Gasteiger partial charge in [0.2, 0.25) is 0 Å². The van der Waals surface area contributed by atoms with E-state index in [-0.39, 0.29) is 11.8 Å². The van der Waals surface area contributed by atoms with Crippen LogP contribution in [0, 0.1) is 19.8 Å². The summed E-state index contributed by atoms with van der Waals surface area (Å²) in [5.41, 5.74) is 1.82. The van der Waals surface area contributed by atoms with Crippen molar-refractivity contribution in [3.05, 3.63) is 29.3 Å². The Labute approximate surface area is 170 Å². The highest BCUT2D eigenvalue weighted by Gasteiger charge is 2.55. The molecule has 2 N–H and O–H groups in total. The monoisotopic (exact) mass is 401 g/mol. The van der Waals surface area contributed by atoms with Gasteiger partial charge < -0.3 is 15.4 Å². The minimum absolute atomic E-state index is 0.0115. The fraction of sp³-hybridized carbons (Fsp3) is 0.524. The number of carbonyl (C=O) groups is 4. The molecular weight excluding hydrogens is 374 g/mol. The topological polar surface area (TPSA) is 105 Å². The van der Waals surface area contributed by atoms with E-state index < -0.39 is 36.6 Å². The number of hydrogen-bond donors (Lipinski definition) is 2. The molecule has 1 aromatic carbocycles. The Hall–Kier alpha value is -2.90. The van der Waals surface area contributed by atoms with Gasteiger partial charge in [0, 0.05) is 5.69 Å². The van der Waals surface area contributed by atoms with E-state index >= 15 is 0 Å². The molecule has 1 saturated carbocycles. The van der Waals surface area contributed by atoms with E-state index in [1.807, 2.05) is 32.9 Å². The van der Waals surface area contributed by atoms with Gasteiger partial charge in [-0.15, -0.1) is 0 Å². The van der Waals surface area contributed by atoms with Gasteiger partial charge in [-0.3, -0.25) is 19.3 Å². The van der Waals surface area contributed by atoms with Crippen LogP contribution >= 0.6 is 0 Å². The summed E-state index contributed by atoms with van der Waals surface area (Å²) in [7, 11) is 0. The zero-order valence-electron chi connectivity index (χ0n) is 17.0. The number of ether oxygens (including phenoxy) is 1. The molecule has 1 aliphatic heterocycles. The summed E-state index contributed by atoms with van der Waals surface area (Å²) in [6, 6.07) is 4.89. The summed E-state index contributed by atoms with van der Waals surface area (Å²) < 4.78 is 4.97. The number of anilines is 1. The Kier molecular flexibility index (Phi) is 5.91. The molecule has 1 saturated heterocycles. The number of aryl methyl sites for hydroxylation is 2. The van der Waals surface area contributed by atoms with Crippen LogP contribution < -0.4 is 10.6 Å².